The van der Waals surface area contributed by atoms with Crippen molar-refractivity contribution in [3.63, 3.8) is 0 Å². The van der Waals surface area contributed by atoms with E-state index in [0.29, 0.717) is 32.7 Å². The van der Waals surface area contributed by atoms with Crippen molar-refractivity contribution in [2.45, 2.75) is 38.7 Å². The van der Waals surface area contributed by atoms with Crippen molar-refractivity contribution in [3.05, 3.63) is 76.9 Å². The summed E-state index contributed by atoms with van der Waals surface area (Å²) in [5.41, 5.74) is 6.33. The number of aryl methyl sites for hydroxylation is 1. The number of benzene rings is 3. The van der Waals surface area contributed by atoms with Crippen molar-refractivity contribution in [2.24, 2.45) is 5.92 Å². The molecule has 2 atom stereocenters. The molecular formula is C30H31NaO7S. The SMILES string of the molecule is Cc1cc(OCCCS(C)(=O)=O)cc2c1-c1cc(COc3ccc([C@H]4C[C@@H]4C(=O)[O-])cc3)ccc1OCC2.[Na+]. The van der Waals surface area contributed by atoms with Crippen molar-refractivity contribution < 1.29 is 62.1 Å². The van der Waals surface area contributed by atoms with Crippen LogP contribution in [0.3, 0.4) is 0 Å². The van der Waals surface area contributed by atoms with E-state index in [4.69, 9.17) is 14.2 Å². The van der Waals surface area contributed by atoms with E-state index >= 15 is 0 Å². The monoisotopic (exact) mass is 558 g/mol. The van der Waals surface area contributed by atoms with E-state index in [1.807, 2.05) is 55.5 Å². The van der Waals surface area contributed by atoms with Crippen LogP contribution in [0, 0.1) is 12.8 Å². The van der Waals surface area contributed by atoms with E-state index in [9.17, 15) is 18.3 Å². The second-order valence-electron chi connectivity index (χ2n) is 10.2. The van der Waals surface area contributed by atoms with Gasteiger partial charge in [0.25, 0.3) is 0 Å². The van der Waals surface area contributed by atoms with Gasteiger partial charge in [0.1, 0.15) is 33.7 Å². The van der Waals surface area contributed by atoms with Crippen LogP contribution >= 0.6 is 0 Å². The molecule has 0 bridgehead atoms. The maximum atomic E-state index is 11.4. The zero-order valence-electron chi connectivity index (χ0n) is 22.6. The van der Waals surface area contributed by atoms with Gasteiger partial charge in [0, 0.05) is 30.1 Å². The standard InChI is InChI=1S/C30H32O7S.Na/c1-19-14-24(35-11-3-13-38(2,33)34)16-22-10-12-36-28-9-4-20(15-27(28)29(19)22)18-37-23-7-5-21(6-8-23)25-17-26(25)30(31)32;/h4-9,14-16,25-26H,3,10-13,17-18H2,1-2H3,(H,31,32);/q;+1/p-1/t25-,26+;/m1./s1. The van der Waals surface area contributed by atoms with Crippen LogP contribution in [0.5, 0.6) is 17.2 Å². The van der Waals surface area contributed by atoms with Crippen molar-refractivity contribution in [2.75, 3.05) is 25.2 Å². The summed E-state index contributed by atoms with van der Waals surface area (Å²) in [6.45, 7) is 3.33. The molecule has 0 radical (unpaired) electrons. The predicted octanol–water partition coefficient (Wildman–Crippen LogP) is 0.847. The van der Waals surface area contributed by atoms with Gasteiger partial charge in [-0.05, 0) is 89.9 Å². The average molecular weight is 559 g/mol. The quantitative estimate of drug-likeness (QED) is 0.269. The first kappa shape index (κ1) is 29.5. The third-order valence-corrected chi connectivity index (χ3v) is 8.10. The fourth-order valence-electron chi connectivity index (χ4n) is 5.06. The number of sulfone groups is 1. The summed E-state index contributed by atoms with van der Waals surface area (Å²) in [7, 11) is -3.00. The molecule has 3 aromatic carbocycles. The van der Waals surface area contributed by atoms with Crippen molar-refractivity contribution in [3.8, 4) is 28.4 Å². The van der Waals surface area contributed by atoms with Crippen molar-refractivity contribution in [1.82, 2.24) is 0 Å². The van der Waals surface area contributed by atoms with Crippen LogP contribution in [0.4, 0.5) is 0 Å². The summed E-state index contributed by atoms with van der Waals surface area (Å²) in [4.78, 5) is 11.0. The van der Waals surface area contributed by atoms with Crippen LogP contribution in [0.1, 0.15) is 41.0 Å². The van der Waals surface area contributed by atoms with E-state index < -0.39 is 15.8 Å². The zero-order valence-corrected chi connectivity index (χ0v) is 25.4. The first-order valence-electron chi connectivity index (χ1n) is 12.8. The third kappa shape index (κ3) is 7.37. The molecule has 39 heavy (non-hydrogen) atoms. The van der Waals surface area contributed by atoms with Gasteiger partial charge in [-0.15, -0.1) is 0 Å². The number of fused-ring (bicyclic) bond motifs is 3. The topological polar surface area (TPSA) is 102 Å². The Hall–Kier alpha value is -2.52. The molecule has 1 saturated carbocycles. The first-order chi connectivity index (χ1) is 18.2. The Bertz CT molecular complexity index is 1450. The summed E-state index contributed by atoms with van der Waals surface area (Å²) < 4.78 is 40.7. The van der Waals surface area contributed by atoms with Gasteiger partial charge in [-0.2, -0.15) is 0 Å². The predicted molar refractivity (Wildman–Crippen MR) is 142 cm³/mol. The first-order valence-corrected chi connectivity index (χ1v) is 14.9. The van der Waals surface area contributed by atoms with E-state index in [-0.39, 0.29) is 47.1 Å². The fourth-order valence-corrected chi connectivity index (χ4v) is 5.70. The molecule has 1 aliphatic carbocycles. The van der Waals surface area contributed by atoms with Gasteiger partial charge < -0.3 is 24.1 Å². The molecule has 3 aromatic rings. The molecule has 7 nitrogen and oxygen atoms in total. The van der Waals surface area contributed by atoms with Gasteiger partial charge in [0.05, 0.1) is 19.0 Å². The molecule has 0 N–H and O–H groups in total. The average Bonchev–Trinajstić information content (AvgIpc) is 3.69. The van der Waals surface area contributed by atoms with E-state index in [0.717, 1.165) is 57.1 Å². The summed E-state index contributed by atoms with van der Waals surface area (Å²) in [6.07, 6.45) is 3.06. The van der Waals surface area contributed by atoms with Crippen LogP contribution in [-0.2, 0) is 27.7 Å². The summed E-state index contributed by atoms with van der Waals surface area (Å²) in [5.74, 6) is 1.08. The van der Waals surface area contributed by atoms with Crippen molar-refractivity contribution in [1.29, 1.82) is 0 Å². The summed E-state index contributed by atoms with van der Waals surface area (Å²) in [6, 6.07) is 17.7. The largest absolute Gasteiger partial charge is 1.00 e. The Morgan fingerprint density at radius 1 is 1.05 bits per heavy atom. The molecule has 0 unspecified atom stereocenters. The van der Waals surface area contributed by atoms with Gasteiger partial charge in [-0.1, -0.05) is 18.2 Å². The molecule has 200 valence electrons. The number of ether oxygens (including phenoxy) is 3. The van der Waals surface area contributed by atoms with Gasteiger partial charge in [-0.25, -0.2) is 8.42 Å². The summed E-state index contributed by atoms with van der Waals surface area (Å²) in [5, 5.41) is 11.0. The number of carboxylic acids is 1. The molecular weight excluding hydrogens is 527 g/mol. The van der Waals surface area contributed by atoms with Crippen LogP contribution in [0.2, 0.25) is 0 Å². The molecule has 5 rings (SSSR count). The number of carbonyl (C=O) groups is 1. The van der Waals surface area contributed by atoms with Crippen LogP contribution in [0.25, 0.3) is 11.1 Å². The molecule has 2 aliphatic rings. The van der Waals surface area contributed by atoms with Crippen LogP contribution < -0.4 is 48.9 Å². The Labute approximate surface area is 251 Å². The molecule has 1 fully saturated rings. The molecule has 1 heterocycles. The van der Waals surface area contributed by atoms with E-state index in [2.05, 4.69) is 6.07 Å². The number of carboxylic acid groups (broad SMARTS) is 1. The number of rotatable bonds is 10. The number of carbonyl (C=O) groups excluding carboxylic acids is 1. The zero-order chi connectivity index (χ0) is 26.9. The van der Waals surface area contributed by atoms with Crippen molar-refractivity contribution >= 4 is 15.8 Å². The van der Waals surface area contributed by atoms with Gasteiger partial charge in [0.2, 0.25) is 0 Å². The maximum Gasteiger partial charge on any atom is 1.00 e. The second-order valence-corrected chi connectivity index (χ2v) is 12.4. The normalized spacial score (nSPS) is 17.5. The van der Waals surface area contributed by atoms with Gasteiger partial charge >= 0.3 is 29.6 Å². The molecule has 1 aliphatic heterocycles. The minimum absolute atomic E-state index is 0. The second kappa shape index (κ2) is 12.3. The molecule has 0 saturated heterocycles. The van der Waals surface area contributed by atoms with Gasteiger partial charge in [0.15, 0.2) is 0 Å². The number of aliphatic carboxylic acids is 1. The summed E-state index contributed by atoms with van der Waals surface area (Å²) >= 11 is 0. The van der Waals surface area contributed by atoms with E-state index in [1.54, 1.807) is 0 Å². The maximum absolute atomic E-state index is 11.4. The number of hydrogen-bond donors (Lipinski definition) is 0. The Morgan fingerprint density at radius 2 is 1.82 bits per heavy atom. The number of hydrogen-bond acceptors (Lipinski definition) is 7. The Morgan fingerprint density at radius 3 is 2.51 bits per heavy atom. The molecule has 9 heteroatoms. The van der Waals surface area contributed by atoms with E-state index in [1.165, 1.54) is 6.26 Å². The Balaban J connectivity index is 0.00000353. The third-order valence-electron chi connectivity index (χ3n) is 7.07. The minimum atomic E-state index is -3.00. The Kier molecular flexibility index (Phi) is 9.32. The minimum Gasteiger partial charge on any atom is -0.550 e. The fraction of sp³-hybridized carbons (Fsp3) is 0.367. The molecule has 0 amide bonds. The smallest absolute Gasteiger partial charge is 0.550 e. The molecule has 0 spiro atoms. The van der Waals surface area contributed by atoms with Crippen LogP contribution in [-0.4, -0.2) is 39.6 Å². The van der Waals surface area contributed by atoms with Crippen LogP contribution in [0.15, 0.2) is 54.6 Å². The van der Waals surface area contributed by atoms with Gasteiger partial charge in [-0.3, -0.25) is 0 Å². The molecule has 0 aromatic heterocycles.